The van der Waals surface area contributed by atoms with E-state index in [0.717, 1.165) is 13.1 Å². The SMILES string of the molecule is CC(C)(C)OC=O.Cc1ccc(S(=O)(=O)c2ccccc2)cc1S(=O)(=O)NC1CCNCC1. The molecular formula is C23H32N2O6S2. The Balaban J connectivity index is 0.000000479. The summed E-state index contributed by atoms with van der Waals surface area (Å²) >= 11 is 0. The minimum atomic E-state index is -3.80. The number of benzene rings is 2. The molecule has 2 aromatic carbocycles. The van der Waals surface area contributed by atoms with Gasteiger partial charge < -0.3 is 10.1 Å². The molecule has 0 saturated carbocycles. The van der Waals surface area contributed by atoms with E-state index < -0.39 is 19.9 Å². The lowest BCUT2D eigenvalue weighted by Gasteiger charge is -2.24. The Morgan fingerprint density at radius 2 is 1.58 bits per heavy atom. The standard InChI is InChI=1S/C18H22N2O4S2.C5H10O2/c1-14-7-8-17(25(21,22)16-5-3-2-4-6-16)13-18(14)26(23,24)20-15-9-11-19-12-10-15;1-5(2,3)7-4-6/h2-8,13,15,19-20H,9-12H2,1H3;4H,1-3H3. The molecule has 1 heterocycles. The molecule has 0 atom stereocenters. The summed E-state index contributed by atoms with van der Waals surface area (Å²) in [6.07, 6.45) is 1.42. The van der Waals surface area contributed by atoms with Crippen LogP contribution >= 0.6 is 0 Å². The van der Waals surface area contributed by atoms with Gasteiger partial charge in [-0.15, -0.1) is 0 Å². The van der Waals surface area contributed by atoms with Gasteiger partial charge in [0.05, 0.1) is 14.7 Å². The van der Waals surface area contributed by atoms with Crippen LogP contribution in [-0.2, 0) is 29.4 Å². The summed E-state index contributed by atoms with van der Waals surface area (Å²) < 4.78 is 58.5. The van der Waals surface area contributed by atoms with E-state index >= 15 is 0 Å². The maximum atomic E-state index is 12.8. The topological polar surface area (TPSA) is 119 Å². The second kappa shape index (κ2) is 11.2. The number of sulfonamides is 1. The first kappa shape index (κ1) is 27.0. The number of sulfone groups is 1. The van der Waals surface area contributed by atoms with E-state index in [4.69, 9.17) is 0 Å². The summed E-state index contributed by atoms with van der Waals surface area (Å²) in [5.41, 5.74) is 0.195. The first-order chi connectivity index (χ1) is 15.4. The van der Waals surface area contributed by atoms with Gasteiger partial charge in [-0.3, -0.25) is 4.79 Å². The lowest BCUT2D eigenvalue weighted by Crippen LogP contribution is -2.42. The molecular weight excluding hydrogens is 464 g/mol. The Morgan fingerprint density at radius 3 is 2.09 bits per heavy atom. The third kappa shape index (κ3) is 7.92. The molecule has 8 nitrogen and oxygen atoms in total. The molecule has 0 aromatic heterocycles. The van der Waals surface area contributed by atoms with Crippen LogP contribution in [-0.4, -0.2) is 48.0 Å². The average Bonchev–Trinajstić information content (AvgIpc) is 2.74. The molecule has 0 amide bonds. The third-order valence-electron chi connectivity index (χ3n) is 4.88. The van der Waals surface area contributed by atoms with Crippen molar-refractivity contribution in [2.45, 2.75) is 66.9 Å². The molecule has 1 fully saturated rings. The molecule has 10 heteroatoms. The minimum Gasteiger partial charge on any atom is -0.462 e. The number of ether oxygens (including phenoxy) is 1. The Labute approximate surface area is 196 Å². The molecule has 182 valence electrons. The van der Waals surface area contributed by atoms with E-state index in [1.54, 1.807) is 25.1 Å². The highest BCUT2D eigenvalue weighted by Crippen LogP contribution is 2.25. The number of hydrogen-bond acceptors (Lipinski definition) is 7. The number of hydrogen-bond donors (Lipinski definition) is 2. The van der Waals surface area contributed by atoms with E-state index in [1.165, 1.54) is 30.3 Å². The zero-order valence-electron chi connectivity index (χ0n) is 19.4. The van der Waals surface area contributed by atoms with Crippen molar-refractivity contribution in [2.75, 3.05) is 13.1 Å². The predicted molar refractivity (Wildman–Crippen MR) is 126 cm³/mol. The smallest absolute Gasteiger partial charge is 0.293 e. The highest BCUT2D eigenvalue weighted by molar-refractivity contribution is 7.91. The fourth-order valence-electron chi connectivity index (χ4n) is 3.14. The molecule has 1 aliphatic heterocycles. The van der Waals surface area contributed by atoms with Gasteiger partial charge >= 0.3 is 0 Å². The van der Waals surface area contributed by atoms with Crippen molar-refractivity contribution in [3.05, 3.63) is 54.1 Å². The Kier molecular flexibility index (Phi) is 9.19. The van der Waals surface area contributed by atoms with Crippen LogP contribution in [0.2, 0.25) is 0 Å². The predicted octanol–water partition coefficient (Wildman–Crippen LogP) is 2.82. The first-order valence-corrected chi connectivity index (χ1v) is 13.6. The van der Waals surface area contributed by atoms with E-state index in [9.17, 15) is 21.6 Å². The summed E-state index contributed by atoms with van der Waals surface area (Å²) in [6.45, 7) is 9.10. The van der Waals surface area contributed by atoms with Crippen molar-refractivity contribution >= 4 is 26.3 Å². The fraction of sp³-hybridized carbons (Fsp3) is 0.435. The van der Waals surface area contributed by atoms with E-state index in [-0.39, 0.29) is 26.3 Å². The van der Waals surface area contributed by atoms with Gasteiger partial charge in [-0.2, -0.15) is 0 Å². The highest BCUT2D eigenvalue weighted by atomic mass is 32.2. The molecule has 0 radical (unpaired) electrons. The van der Waals surface area contributed by atoms with Gasteiger partial charge in [0.15, 0.2) is 0 Å². The molecule has 0 bridgehead atoms. The van der Waals surface area contributed by atoms with Crippen LogP contribution in [0.1, 0.15) is 39.2 Å². The van der Waals surface area contributed by atoms with Gasteiger partial charge in [0.25, 0.3) is 6.47 Å². The minimum absolute atomic E-state index is 0.00744. The van der Waals surface area contributed by atoms with Crippen molar-refractivity contribution in [1.29, 1.82) is 0 Å². The largest absolute Gasteiger partial charge is 0.462 e. The van der Waals surface area contributed by atoms with Gasteiger partial charge in [-0.05, 0) is 83.5 Å². The van der Waals surface area contributed by atoms with Gasteiger partial charge in [0, 0.05) is 6.04 Å². The van der Waals surface area contributed by atoms with Gasteiger partial charge in [0.2, 0.25) is 19.9 Å². The highest BCUT2D eigenvalue weighted by Gasteiger charge is 2.26. The first-order valence-electron chi connectivity index (χ1n) is 10.6. The van der Waals surface area contributed by atoms with Crippen LogP contribution in [0.15, 0.2) is 63.2 Å². The van der Waals surface area contributed by atoms with E-state index in [2.05, 4.69) is 14.8 Å². The monoisotopic (exact) mass is 496 g/mol. The van der Waals surface area contributed by atoms with Crippen LogP contribution in [0.5, 0.6) is 0 Å². The van der Waals surface area contributed by atoms with Gasteiger partial charge in [-0.1, -0.05) is 24.3 Å². The molecule has 0 unspecified atom stereocenters. The number of carbonyl (C=O) groups is 1. The molecule has 1 saturated heterocycles. The molecule has 33 heavy (non-hydrogen) atoms. The van der Waals surface area contributed by atoms with Crippen LogP contribution in [0, 0.1) is 6.92 Å². The van der Waals surface area contributed by atoms with Crippen molar-refractivity contribution in [1.82, 2.24) is 10.0 Å². The quantitative estimate of drug-likeness (QED) is 0.590. The molecule has 0 spiro atoms. The van der Waals surface area contributed by atoms with Crippen molar-refractivity contribution < 1.29 is 26.4 Å². The summed E-state index contributed by atoms with van der Waals surface area (Å²) in [6, 6.07) is 12.1. The third-order valence-corrected chi connectivity index (χ3v) is 8.31. The van der Waals surface area contributed by atoms with Crippen LogP contribution in [0.25, 0.3) is 0 Å². The molecule has 2 N–H and O–H groups in total. The maximum Gasteiger partial charge on any atom is 0.293 e. The van der Waals surface area contributed by atoms with Crippen LogP contribution in [0.3, 0.4) is 0 Å². The zero-order chi connectivity index (χ0) is 24.7. The number of rotatable bonds is 6. The fourth-order valence-corrected chi connectivity index (χ4v) is 6.10. The summed E-state index contributed by atoms with van der Waals surface area (Å²) in [7, 11) is -7.57. The van der Waals surface area contributed by atoms with E-state index in [0.29, 0.717) is 24.9 Å². The molecule has 2 aromatic rings. The van der Waals surface area contributed by atoms with Crippen molar-refractivity contribution in [2.24, 2.45) is 0 Å². The Bertz CT molecular complexity index is 1140. The van der Waals surface area contributed by atoms with Gasteiger partial charge in [-0.25, -0.2) is 21.6 Å². The van der Waals surface area contributed by atoms with Crippen molar-refractivity contribution in [3.63, 3.8) is 0 Å². The normalized spacial score (nSPS) is 15.3. The Morgan fingerprint density at radius 1 is 0.970 bits per heavy atom. The van der Waals surface area contributed by atoms with Crippen LogP contribution < -0.4 is 10.0 Å². The number of carbonyl (C=O) groups excluding carboxylic acids is 1. The Hall–Kier alpha value is -2.27. The second-order valence-electron chi connectivity index (χ2n) is 8.72. The lowest BCUT2D eigenvalue weighted by molar-refractivity contribution is -0.138. The summed E-state index contributed by atoms with van der Waals surface area (Å²) in [4.78, 5) is 9.72. The average molecular weight is 497 g/mol. The summed E-state index contributed by atoms with van der Waals surface area (Å²) in [5.74, 6) is 0. The lowest BCUT2D eigenvalue weighted by atomic mass is 10.1. The van der Waals surface area contributed by atoms with Gasteiger partial charge in [0.1, 0.15) is 5.60 Å². The summed E-state index contributed by atoms with van der Waals surface area (Å²) in [5, 5.41) is 3.18. The van der Waals surface area contributed by atoms with Crippen LogP contribution in [0.4, 0.5) is 0 Å². The number of aryl methyl sites for hydroxylation is 1. The zero-order valence-corrected chi connectivity index (χ0v) is 21.0. The molecule has 0 aliphatic carbocycles. The van der Waals surface area contributed by atoms with E-state index in [1.807, 2.05) is 20.8 Å². The van der Waals surface area contributed by atoms with Crippen molar-refractivity contribution in [3.8, 4) is 0 Å². The molecule has 3 rings (SSSR count). The molecule has 1 aliphatic rings. The second-order valence-corrected chi connectivity index (χ2v) is 12.3. The number of piperidine rings is 1. The maximum absolute atomic E-state index is 12.8. The number of nitrogens with one attached hydrogen (secondary N) is 2.